The van der Waals surface area contributed by atoms with Crippen molar-refractivity contribution >= 4 is 17.4 Å². The molecule has 6 rings (SSSR count). The van der Waals surface area contributed by atoms with Gasteiger partial charge < -0.3 is 34.9 Å². The Balaban J connectivity index is 1.13. The summed E-state index contributed by atoms with van der Waals surface area (Å²) in [5.41, 5.74) is 4.96. The van der Waals surface area contributed by atoms with Crippen LogP contribution >= 0.6 is 0 Å². The molecule has 2 amide bonds. The van der Waals surface area contributed by atoms with Gasteiger partial charge in [0.25, 0.3) is 0 Å². The lowest BCUT2D eigenvalue weighted by Gasteiger charge is -2.42. The molecule has 252 valence electrons. The van der Waals surface area contributed by atoms with E-state index in [0.29, 0.717) is 23.7 Å². The van der Waals surface area contributed by atoms with Crippen LogP contribution in [-0.4, -0.2) is 47.3 Å². The number of likely N-dealkylation sites (N-methyl/N-ethyl adjacent to an activating group) is 1. The first-order valence-corrected chi connectivity index (χ1v) is 16.5. The second-order valence-electron chi connectivity index (χ2n) is 12.3. The van der Waals surface area contributed by atoms with E-state index in [1.807, 2.05) is 115 Å². The van der Waals surface area contributed by atoms with Crippen LogP contribution in [0.15, 0.2) is 128 Å². The minimum Gasteiger partial charge on any atom is -0.457 e. The second-order valence-corrected chi connectivity index (χ2v) is 12.3. The third-order valence-corrected chi connectivity index (χ3v) is 8.60. The Kier molecular flexibility index (Phi) is 11.3. The molecule has 9 heteroatoms. The molecule has 4 atom stereocenters. The van der Waals surface area contributed by atoms with Crippen LogP contribution < -0.4 is 15.4 Å². The number of nitrogens with zero attached hydrogens (tertiary/aromatic N) is 2. The molecular formula is C40H42N4O5. The van der Waals surface area contributed by atoms with Gasteiger partial charge >= 0.3 is 6.03 Å². The van der Waals surface area contributed by atoms with Gasteiger partial charge in [-0.25, -0.2) is 4.79 Å². The minimum atomic E-state index is -0.658. The molecule has 9 nitrogen and oxygen atoms in total. The lowest BCUT2D eigenvalue weighted by molar-refractivity contribution is -0.275. The number of carbonyl (C=O) groups is 1. The zero-order valence-corrected chi connectivity index (χ0v) is 27.7. The smallest absolute Gasteiger partial charge is 0.323 e. The number of nitrogens with one attached hydrogen (secondary N) is 2. The van der Waals surface area contributed by atoms with Gasteiger partial charge in [-0.2, -0.15) is 0 Å². The molecule has 1 fully saturated rings. The highest BCUT2D eigenvalue weighted by Crippen LogP contribution is 2.42. The molecule has 0 unspecified atom stereocenters. The number of hydrogen-bond acceptors (Lipinski definition) is 7. The molecule has 49 heavy (non-hydrogen) atoms. The van der Waals surface area contributed by atoms with E-state index >= 15 is 0 Å². The van der Waals surface area contributed by atoms with Crippen molar-refractivity contribution in [1.29, 1.82) is 0 Å². The lowest BCUT2D eigenvalue weighted by atomic mass is 9.90. The number of hydrogen-bond donors (Lipinski definition) is 3. The molecule has 1 aliphatic rings. The molecule has 4 aromatic carbocycles. The van der Waals surface area contributed by atoms with Gasteiger partial charge in [0.05, 0.1) is 18.8 Å². The molecule has 0 spiro atoms. The van der Waals surface area contributed by atoms with E-state index in [4.69, 9.17) is 14.2 Å². The number of aromatic nitrogens is 1. The summed E-state index contributed by atoms with van der Waals surface area (Å²) in [5.74, 6) is 1.46. The Morgan fingerprint density at radius 1 is 0.816 bits per heavy atom. The molecule has 2 heterocycles. The van der Waals surface area contributed by atoms with E-state index in [1.54, 1.807) is 12.1 Å². The van der Waals surface area contributed by atoms with Crippen molar-refractivity contribution in [3.05, 3.63) is 150 Å². The quantitative estimate of drug-likeness (QED) is 0.125. The molecular weight excluding hydrogens is 616 g/mol. The first-order chi connectivity index (χ1) is 23.9. The number of benzene rings is 4. The molecule has 0 radical (unpaired) electrons. The molecule has 0 saturated carbocycles. The highest BCUT2D eigenvalue weighted by atomic mass is 16.7. The molecule has 1 aromatic heterocycles. The maximum atomic E-state index is 13.0. The predicted octanol–water partition coefficient (Wildman–Crippen LogP) is 7.98. The number of para-hydroxylation sites is 1. The van der Waals surface area contributed by atoms with Crippen LogP contribution in [0.4, 0.5) is 16.2 Å². The summed E-state index contributed by atoms with van der Waals surface area (Å²) >= 11 is 0. The number of ether oxygens (including phenoxy) is 3. The van der Waals surface area contributed by atoms with Gasteiger partial charge in [-0.15, -0.1) is 0 Å². The average molecular weight is 659 g/mol. The summed E-state index contributed by atoms with van der Waals surface area (Å²) in [6.07, 6.45) is 1.63. The van der Waals surface area contributed by atoms with Crippen molar-refractivity contribution in [1.82, 2.24) is 9.88 Å². The first kappa shape index (κ1) is 33.8. The largest absolute Gasteiger partial charge is 0.457 e. The zero-order valence-electron chi connectivity index (χ0n) is 27.7. The van der Waals surface area contributed by atoms with E-state index in [0.717, 1.165) is 41.1 Å². The molecule has 0 aliphatic carbocycles. The number of carbonyl (C=O) groups excluding carboxylic acids is 1. The Hall–Kier alpha value is -5.06. The number of amides is 2. The Morgan fingerprint density at radius 2 is 1.55 bits per heavy atom. The molecule has 1 aliphatic heterocycles. The van der Waals surface area contributed by atoms with Gasteiger partial charge in [-0.05, 0) is 78.8 Å². The monoisotopic (exact) mass is 658 g/mol. The fourth-order valence-electron chi connectivity index (χ4n) is 5.87. The Labute approximate surface area is 287 Å². The number of anilines is 2. The molecule has 5 aromatic rings. The van der Waals surface area contributed by atoms with E-state index in [9.17, 15) is 9.90 Å². The molecule has 3 N–H and O–H groups in total. The summed E-state index contributed by atoms with van der Waals surface area (Å²) in [5, 5.41) is 15.4. The van der Waals surface area contributed by atoms with Crippen molar-refractivity contribution in [2.75, 3.05) is 30.8 Å². The fourth-order valence-corrected chi connectivity index (χ4v) is 5.87. The van der Waals surface area contributed by atoms with Crippen LogP contribution in [-0.2, 0) is 22.5 Å². The summed E-state index contributed by atoms with van der Waals surface area (Å²) in [6.45, 7) is 3.68. The average Bonchev–Trinajstić information content (AvgIpc) is 3.13. The predicted molar refractivity (Wildman–Crippen MR) is 190 cm³/mol. The van der Waals surface area contributed by atoms with Gasteiger partial charge in [-0.1, -0.05) is 67.6 Å². The topological polar surface area (TPSA) is 105 Å². The van der Waals surface area contributed by atoms with Crippen LogP contribution in [0.1, 0.15) is 41.7 Å². The van der Waals surface area contributed by atoms with E-state index in [2.05, 4.69) is 34.5 Å². The lowest BCUT2D eigenvalue weighted by Crippen LogP contribution is -2.44. The van der Waals surface area contributed by atoms with Gasteiger partial charge in [0.1, 0.15) is 11.5 Å². The number of pyridine rings is 1. The van der Waals surface area contributed by atoms with Crippen LogP contribution in [0, 0.1) is 5.92 Å². The van der Waals surface area contributed by atoms with Crippen LogP contribution in [0.5, 0.6) is 11.5 Å². The summed E-state index contributed by atoms with van der Waals surface area (Å²) in [4.78, 5) is 19.7. The fraction of sp³-hybridized carbons (Fsp3) is 0.250. The normalized spacial score (nSPS) is 18.9. The highest BCUT2D eigenvalue weighted by molar-refractivity contribution is 5.99. The van der Waals surface area contributed by atoms with Crippen molar-refractivity contribution in [2.24, 2.45) is 5.92 Å². The highest BCUT2D eigenvalue weighted by Gasteiger charge is 2.38. The van der Waals surface area contributed by atoms with Crippen molar-refractivity contribution in [3.8, 4) is 11.5 Å². The minimum absolute atomic E-state index is 0.0157. The summed E-state index contributed by atoms with van der Waals surface area (Å²) < 4.78 is 19.1. The van der Waals surface area contributed by atoms with Gasteiger partial charge in [-0.3, -0.25) is 4.98 Å². The van der Waals surface area contributed by atoms with Crippen molar-refractivity contribution < 1.29 is 24.1 Å². The standard InChI is InChI=1S/C40H42N4O5/c1-28-37(26-44(2)24-22-32-10-6-7-23-41-32)48-39(49-38(28)30-16-14-29(27-45)15-17-30)31-9-8-11-34(25-31)43-40(46)42-33-18-20-36(21-19-33)47-35-12-4-3-5-13-35/h3-21,23,25,28,37-39,45H,22,24,26-27H2,1-2H3,(H2,42,43,46)/t28-,37+,38+,39+/m1/s1. The van der Waals surface area contributed by atoms with Gasteiger partial charge in [0, 0.05) is 54.3 Å². The van der Waals surface area contributed by atoms with Crippen LogP contribution in [0.2, 0.25) is 0 Å². The maximum absolute atomic E-state index is 13.0. The van der Waals surface area contributed by atoms with E-state index < -0.39 is 6.29 Å². The molecule has 0 bridgehead atoms. The summed E-state index contributed by atoms with van der Waals surface area (Å²) in [6, 6.07) is 37.8. The third kappa shape index (κ3) is 9.31. The number of aliphatic hydroxyl groups excluding tert-OH is 1. The Morgan fingerprint density at radius 3 is 2.29 bits per heavy atom. The van der Waals surface area contributed by atoms with Gasteiger partial charge in [0.2, 0.25) is 0 Å². The summed E-state index contributed by atoms with van der Waals surface area (Å²) in [7, 11) is 2.10. The molecule has 1 saturated heterocycles. The van der Waals surface area contributed by atoms with Crippen molar-refractivity contribution in [2.45, 2.75) is 38.4 Å². The number of rotatable bonds is 12. The number of aliphatic hydroxyl groups is 1. The second kappa shape index (κ2) is 16.4. The number of urea groups is 1. The van der Waals surface area contributed by atoms with Crippen LogP contribution in [0.25, 0.3) is 0 Å². The maximum Gasteiger partial charge on any atom is 0.323 e. The first-order valence-electron chi connectivity index (χ1n) is 16.5. The van der Waals surface area contributed by atoms with Gasteiger partial charge in [0.15, 0.2) is 6.29 Å². The zero-order chi connectivity index (χ0) is 34.0. The third-order valence-electron chi connectivity index (χ3n) is 8.60. The SMILES string of the molecule is C[C@@H]1[C@H](CN(C)CCc2ccccn2)O[C@H](c2cccc(NC(=O)Nc3ccc(Oc4ccccc4)cc3)c2)O[C@@H]1c1ccc(CO)cc1. The van der Waals surface area contributed by atoms with E-state index in [-0.39, 0.29) is 30.8 Å². The van der Waals surface area contributed by atoms with Crippen LogP contribution in [0.3, 0.4) is 0 Å². The van der Waals surface area contributed by atoms with E-state index in [1.165, 1.54) is 0 Å². The van der Waals surface area contributed by atoms with Crippen molar-refractivity contribution in [3.63, 3.8) is 0 Å². The Bertz CT molecular complexity index is 1770.